The van der Waals surface area contributed by atoms with Crippen LogP contribution in [0.15, 0.2) is 63.9 Å². The molecule has 2 aromatic carbocycles. The van der Waals surface area contributed by atoms with Crippen molar-refractivity contribution >= 4 is 15.9 Å². The van der Waals surface area contributed by atoms with Gasteiger partial charge in [-0.1, -0.05) is 44.2 Å². The molecule has 33 heavy (non-hydrogen) atoms. The number of anilines is 1. The Bertz CT molecular complexity index is 1240. The summed E-state index contributed by atoms with van der Waals surface area (Å²) in [4.78, 5) is 6.66. The monoisotopic (exact) mass is 464 g/mol. The lowest BCUT2D eigenvalue weighted by Crippen LogP contribution is -2.38. The smallest absolute Gasteiger partial charge is 0.243 e. The van der Waals surface area contributed by atoms with Gasteiger partial charge in [-0.15, -0.1) is 0 Å². The summed E-state index contributed by atoms with van der Waals surface area (Å²) < 4.78 is 33.3. The van der Waals surface area contributed by atoms with Crippen LogP contribution in [0.2, 0.25) is 0 Å². The van der Waals surface area contributed by atoms with Gasteiger partial charge in [-0.2, -0.15) is 14.6 Å². The molecular weight excluding hydrogens is 436 g/mol. The molecule has 0 bridgehead atoms. The van der Waals surface area contributed by atoms with Crippen LogP contribution in [-0.4, -0.2) is 37.8 Å². The Kier molecular flexibility index (Phi) is 6.54. The molecule has 1 aliphatic heterocycles. The number of aromatic nitrogens is 1. The molecular formula is C25H28N4O3S. The maximum Gasteiger partial charge on any atom is 0.243 e. The highest BCUT2D eigenvalue weighted by molar-refractivity contribution is 7.89. The number of oxazole rings is 1. The van der Waals surface area contributed by atoms with Gasteiger partial charge in [0.1, 0.15) is 6.07 Å². The maximum absolute atomic E-state index is 13.0. The molecule has 0 spiro atoms. The van der Waals surface area contributed by atoms with Crippen LogP contribution in [-0.2, 0) is 16.6 Å². The molecule has 7 nitrogen and oxygen atoms in total. The number of hydrogen-bond acceptors (Lipinski definition) is 6. The van der Waals surface area contributed by atoms with Gasteiger partial charge in [0, 0.05) is 32.2 Å². The van der Waals surface area contributed by atoms with E-state index in [4.69, 9.17) is 4.42 Å². The van der Waals surface area contributed by atoms with Crippen LogP contribution in [0.5, 0.6) is 0 Å². The molecule has 0 radical (unpaired) electrons. The van der Waals surface area contributed by atoms with Crippen molar-refractivity contribution in [2.45, 2.75) is 31.7 Å². The van der Waals surface area contributed by atoms with Gasteiger partial charge in [-0.25, -0.2) is 8.42 Å². The lowest BCUT2D eigenvalue weighted by atomic mass is 9.92. The molecule has 1 fully saturated rings. The Hall–Kier alpha value is -3.15. The number of nitrogens with zero attached hydrogens (tertiary/aromatic N) is 4. The summed E-state index contributed by atoms with van der Waals surface area (Å²) in [6, 6.07) is 18.0. The summed E-state index contributed by atoms with van der Waals surface area (Å²) in [5, 5.41) is 9.59. The predicted molar refractivity (Wildman–Crippen MR) is 127 cm³/mol. The molecule has 1 aromatic heterocycles. The molecule has 4 rings (SSSR count). The summed E-state index contributed by atoms with van der Waals surface area (Å²) in [5.41, 5.74) is 1.80. The van der Waals surface area contributed by atoms with E-state index >= 15 is 0 Å². The van der Waals surface area contributed by atoms with Crippen molar-refractivity contribution in [3.63, 3.8) is 0 Å². The summed E-state index contributed by atoms with van der Waals surface area (Å²) in [7, 11) is -2.09. The fourth-order valence-corrected chi connectivity index (χ4v) is 5.59. The predicted octanol–water partition coefficient (Wildman–Crippen LogP) is 4.52. The van der Waals surface area contributed by atoms with Crippen LogP contribution in [0.25, 0.3) is 11.5 Å². The second-order valence-electron chi connectivity index (χ2n) is 8.91. The zero-order chi connectivity index (χ0) is 23.6. The van der Waals surface area contributed by atoms with Crippen molar-refractivity contribution in [2.24, 2.45) is 11.8 Å². The van der Waals surface area contributed by atoms with E-state index < -0.39 is 10.0 Å². The van der Waals surface area contributed by atoms with E-state index in [9.17, 15) is 13.7 Å². The van der Waals surface area contributed by atoms with Crippen LogP contribution >= 0.6 is 0 Å². The fraction of sp³-hybridized carbons (Fsp3) is 0.360. The minimum atomic E-state index is -3.65. The van der Waals surface area contributed by atoms with Crippen LogP contribution in [0, 0.1) is 23.2 Å². The van der Waals surface area contributed by atoms with Crippen LogP contribution in [0.1, 0.15) is 31.5 Å². The van der Waals surface area contributed by atoms with Gasteiger partial charge >= 0.3 is 0 Å². The fourth-order valence-electron chi connectivity index (χ4n) is 4.43. The van der Waals surface area contributed by atoms with E-state index in [0.29, 0.717) is 29.2 Å². The number of rotatable bonds is 6. The third-order valence-corrected chi connectivity index (χ3v) is 7.75. The topological polar surface area (TPSA) is 90.4 Å². The van der Waals surface area contributed by atoms with Gasteiger partial charge in [-0.05, 0) is 48.1 Å². The van der Waals surface area contributed by atoms with Gasteiger partial charge in [0.15, 0.2) is 0 Å². The summed E-state index contributed by atoms with van der Waals surface area (Å²) in [6.45, 7) is 6.31. The first kappa shape index (κ1) is 23.0. The van der Waals surface area contributed by atoms with Crippen molar-refractivity contribution in [2.75, 3.05) is 25.0 Å². The largest absolute Gasteiger partial charge is 0.419 e. The first-order valence-corrected chi connectivity index (χ1v) is 12.5. The highest BCUT2D eigenvalue weighted by atomic mass is 32.2. The van der Waals surface area contributed by atoms with Crippen LogP contribution in [0.3, 0.4) is 0 Å². The Balaban J connectivity index is 1.56. The average Bonchev–Trinajstić information content (AvgIpc) is 3.24. The molecule has 0 aliphatic carbocycles. The number of piperidine rings is 1. The summed E-state index contributed by atoms with van der Waals surface area (Å²) in [5.74, 6) is 1.82. The quantitative estimate of drug-likeness (QED) is 0.533. The van der Waals surface area contributed by atoms with E-state index in [-0.39, 0.29) is 17.1 Å². The van der Waals surface area contributed by atoms with E-state index in [0.717, 1.165) is 25.1 Å². The van der Waals surface area contributed by atoms with Crippen molar-refractivity contribution in [3.8, 4) is 17.5 Å². The van der Waals surface area contributed by atoms with Crippen molar-refractivity contribution in [3.05, 3.63) is 65.9 Å². The second kappa shape index (κ2) is 9.38. The molecule has 8 heteroatoms. The minimum Gasteiger partial charge on any atom is -0.419 e. The first-order valence-electron chi connectivity index (χ1n) is 11.0. The van der Waals surface area contributed by atoms with Gasteiger partial charge < -0.3 is 9.32 Å². The molecule has 0 N–H and O–H groups in total. The zero-order valence-electron chi connectivity index (χ0n) is 19.1. The molecule has 3 aromatic rings. The number of benzene rings is 2. The maximum atomic E-state index is 13.0. The lowest BCUT2D eigenvalue weighted by Gasteiger charge is -2.34. The Labute approximate surface area is 195 Å². The second-order valence-corrected chi connectivity index (χ2v) is 11.0. The summed E-state index contributed by atoms with van der Waals surface area (Å²) >= 11 is 0. The van der Waals surface area contributed by atoms with Gasteiger partial charge in [-0.3, -0.25) is 0 Å². The molecule has 0 unspecified atom stereocenters. The van der Waals surface area contributed by atoms with Crippen molar-refractivity contribution in [1.29, 1.82) is 5.26 Å². The van der Waals surface area contributed by atoms with Crippen LogP contribution < -0.4 is 4.90 Å². The molecule has 1 aliphatic rings. The molecule has 2 atom stereocenters. The molecule has 172 valence electrons. The van der Waals surface area contributed by atoms with Gasteiger partial charge in [0.25, 0.3) is 0 Å². The zero-order valence-corrected chi connectivity index (χ0v) is 19.9. The van der Waals surface area contributed by atoms with Crippen LogP contribution in [0.4, 0.5) is 5.88 Å². The minimum absolute atomic E-state index is 0.190. The molecule has 0 saturated carbocycles. The highest BCUT2D eigenvalue weighted by Crippen LogP contribution is 2.33. The molecule has 0 amide bonds. The lowest BCUT2D eigenvalue weighted by molar-refractivity contribution is 0.344. The van der Waals surface area contributed by atoms with E-state index in [1.165, 1.54) is 4.31 Å². The normalized spacial score (nSPS) is 18.9. The number of sulfonamides is 1. The first-order chi connectivity index (χ1) is 15.8. The van der Waals surface area contributed by atoms with E-state index in [2.05, 4.69) is 29.8 Å². The summed E-state index contributed by atoms with van der Waals surface area (Å²) in [6.07, 6.45) is 1.15. The SMILES string of the molecule is C[C@@H]1C[C@@H](C)CN(c2oc(-c3ccc(S(=O)(=O)N(C)Cc4ccccc4)cc3)nc2C#N)C1. The van der Waals surface area contributed by atoms with Gasteiger partial charge in [0.2, 0.25) is 27.5 Å². The third kappa shape index (κ3) is 4.95. The number of hydrogen-bond donors (Lipinski definition) is 0. The average molecular weight is 465 g/mol. The highest BCUT2D eigenvalue weighted by Gasteiger charge is 2.28. The Morgan fingerprint density at radius 2 is 1.73 bits per heavy atom. The Morgan fingerprint density at radius 1 is 1.09 bits per heavy atom. The molecule has 2 heterocycles. The van der Waals surface area contributed by atoms with Crippen molar-refractivity contribution < 1.29 is 12.8 Å². The molecule has 1 saturated heterocycles. The third-order valence-electron chi connectivity index (χ3n) is 5.93. The Morgan fingerprint density at radius 3 is 2.33 bits per heavy atom. The van der Waals surface area contributed by atoms with E-state index in [1.807, 2.05) is 30.3 Å². The van der Waals surface area contributed by atoms with Gasteiger partial charge in [0.05, 0.1) is 4.90 Å². The van der Waals surface area contributed by atoms with Crippen molar-refractivity contribution in [1.82, 2.24) is 9.29 Å². The van der Waals surface area contributed by atoms with E-state index in [1.54, 1.807) is 31.3 Å². The standard InChI is InChI=1S/C25H28N4O3S/c1-18-13-19(2)16-29(15-18)25-23(14-26)27-24(32-25)21-9-11-22(12-10-21)33(30,31)28(3)17-20-7-5-4-6-8-20/h4-12,18-19H,13,15-17H2,1-3H3/t18-,19-/m1/s1. The number of nitriles is 1.